The van der Waals surface area contributed by atoms with Gasteiger partial charge in [0.25, 0.3) is 0 Å². The Labute approximate surface area is 202 Å². The standard InChI is InChI=1S/C25H28N4O4S/c1-16-12-18(14-20(13-16)29-24-26-10-7-19(28-24)4-3-11-33-2)21-15-27-23(34-21)25(32)8-5-17(6-9-25)22(30)31/h3-4,7,10,12-15,17,32H,5-6,8-9,11H2,1-2H3,(H,30,31)(H,26,28,29)/b4-3+. The fourth-order valence-electron chi connectivity index (χ4n) is 4.10. The lowest BCUT2D eigenvalue weighted by Crippen LogP contribution is -2.33. The molecule has 1 aliphatic carbocycles. The Morgan fingerprint density at radius 1 is 1.29 bits per heavy atom. The summed E-state index contributed by atoms with van der Waals surface area (Å²) in [6, 6.07) is 7.92. The van der Waals surface area contributed by atoms with E-state index in [9.17, 15) is 15.0 Å². The number of benzene rings is 1. The number of aliphatic hydroxyl groups is 1. The van der Waals surface area contributed by atoms with Gasteiger partial charge in [0.05, 0.1) is 23.1 Å². The Morgan fingerprint density at radius 2 is 2.09 bits per heavy atom. The second kappa shape index (κ2) is 10.4. The molecule has 1 aromatic carbocycles. The molecule has 178 valence electrons. The van der Waals surface area contributed by atoms with Crippen LogP contribution in [0.15, 0.2) is 42.7 Å². The number of aromatic nitrogens is 3. The third kappa shape index (κ3) is 5.67. The van der Waals surface area contributed by atoms with E-state index in [2.05, 4.69) is 26.3 Å². The Hall–Kier alpha value is -3.14. The minimum atomic E-state index is -1.07. The average molecular weight is 481 g/mol. The molecule has 0 unspecified atom stereocenters. The van der Waals surface area contributed by atoms with E-state index in [1.807, 2.05) is 37.3 Å². The van der Waals surface area contributed by atoms with Crippen LogP contribution in [0.3, 0.4) is 0 Å². The van der Waals surface area contributed by atoms with E-state index in [4.69, 9.17) is 4.74 Å². The minimum Gasteiger partial charge on any atom is -0.481 e. The average Bonchev–Trinajstić information content (AvgIpc) is 3.31. The van der Waals surface area contributed by atoms with Crippen molar-refractivity contribution in [3.8, 4) is 10.4 Å². The molecule has 34 heavy (non-hydrogen) atoms. The van der Waals surface area contributed by atoms with E-state index in [1.165, 1.54) is 11.3 Å². The molecule has 0 aliphatic heterocycles. The maximum Gasteiger partial charge on any atom is 0.306 e. The number of carboxylic acids is 1. The molecule has 8 nitrogen and oxygen atoms in total. The Morgan fingerprint density at radius 3 is 2.82 bits per heavy atom. The van der Waals surface area contributed by atoms with Crippen molar-refractivity contribution in [2.75, 3.05) is 19.0 Å². The van der Waals surface area contributed by atoms with Gasteiger partial charge in [-0.3, -0.25) is 4.79 Å². The van der Waals surface area contributed by atoms with Gasteiger partial charge in [-0.2, -0.15) is 0 Å². The van der Waals surface area contributed by atoms with Crippen molar-refractivity contribution in [3.05, 3.63) is 59.0 Å². The predicted octanol–water partition coefficient (Wildman–Crippen LogP) is 4.77. The van der Waals surface area contributed by atoms with Crippen molar-refractivity contribution in [1.82, 2.24) is 15.0 Å². The zero-order valence-corrected chi connectivity index (χ0v) is 20.0. The highest BCUT2D eigenvalue weighted by Crippen LogP contribution is 2.43. The van der Waals surface area contributed by atoms with Crippen LogP contribution in [0, 0.1) is 12.8 Å². The fraction of sp³-hybridized carbons (Fsp3) is 0.360. The molecule has 0 spiro atoms. The molecule has 4 rings (SSSR count). The number of rotatable bonds is 8. The molecule has 0 radical (unpaired) electrons. The first-order valence-electron chi connectivity index (χ1n) is 11.2. The van der Waals surface area contributed by atoms with Crippen molar-refractivity contribution in [1.29, 1.82) is 0 Å². The SMILES string of the molecule is COC/C=C/c1ccnc(Nc2cc(C)cc(-c3cnc(C4(O)CCC(C(=O)O)CC4)s3)c2)n1. The summed E-state index contributed by atoms with van der Waals surface area (Å²) in [5.41, 5.74) is 2.60. The summed E-state index contributed by atoms with van der Waals surface area (Å²) in [5.74, 6) is -0.686. The van der Waals surface area contributed by atoms with Crippen molar-refractivity contribution in [3.63, 3.8) is 0 Å². The number of ether oxygens (including phenoxy) is 1. The Bertz CT molecular complexity index is 1190. The summed E-state index contributed by atoms with van der Waals surface area (Å²) in [4.78, 5) is 25.5. The summed E-state index contributed by atoms with van der Waals surface area (Å²) in [7, 11) is 1.64. The zero-order chi connectivity index (χ0) is 24.1. The third-order valence-electron chi connectivity index (χ3n) is 5.91. The van der Waals surface area contributed by atoms with Gasteiger partial charge in [-0.25, -0.2) is 15.0 Å². The minimum absolute atomic E-state index is 0.388. The van der Waals surface area contributed by atoms with Gasteiger partial charge >= 0.3 is 5.97 Å². The van der Waals surface area contributed by atoms with Gasteiger partial charge in [0.1, 0.15) is 10.6 Å². The quantitative estimate of drug-likeness (QED) is 0.422. The Balaban J connectivity index is 1.52. The van der Waals surface area contributed by atoms with Gasteiger partial charge in [0, 0.05) is 25.2 Å². The summed E-state index contributed by atoms with van der Waals surface area (Å²) >= 11 is 1.45. The van der Waals surface area contributed by atoms with Gasteiger partial charge in [-0.1, -0.05) is 12.1 Å². The maximum absolute atomic E-state index is 11.2. The van der Waals surface area contributed by atoms with Gasteiger partial charge in [0.15, 0.2) is 0 Å². The number of thiazole rings is 1. The van der Waals surface area contributed by atoms with E-state index in [0.717, 1.165) is 27.4 Å². The largest absolute Gasteiger partial charge is 0.481 e. The molecule has 0 atom stereocenters. The van der Waals surface area contributed by atoms with Crippen LogP contribution in [0.2, 0.25) is 0 Å². The molecule has 1 aliphatic rings. The van der Waals surface area contributed by atoms with E-state index in [0.29, 0.717) is 43.2 Å². The smallest absolute Gasteiger partial charge is 0.306 e. The predicted molar refractivity (Wildman–Crippen MR) is 132 cm³/mol. The van der Waals surface area contributed by atoms with E-state index >= 15 is 0 Å². The summed E-state index contributed by atoms with van der Waals surface area (Å²) in [6.45, 7) is 2.53. The molecule has 3 N–H and O–H groups in total. The lowest BCUT2D eigenvalue weighted by atomic mass is 9.79. The zero-order valence-electron chi connectivity index (χ0n) is 19.2. The van der Waals surface area contributed by atoms with Gasteiger partial charge in [-0.05, 0) is 68.0 Å². The van der Waals surface area contributed by atoms with Crippen LogP contribution in [0.4, 0.5) is 11.6 Å². The molecule has 2 aromatic heterocycles. The van der Waals surface area contributed by atoms with Crippen molar-refractivity contribution < 1.29 is 19.7 Å². The van der Waals surface area contributed by atoms with E-state index in [-0.39, 0.29) is 5.92 Å². The number of aliphatic carboxylic acids is 1. The van der Waals surface area contributed by atoms with Crippen molar-refractivity contribution in [2.24, 2.45) is 5.92 Å². The van der Waals surface area contributed by atoms with Crippen LogP contribution < -0.4 is 5.32 Å². The highest BCUT2D eigenvalue weighted by molar-refractivity contribution is 7.15. The summed E-state index contributed by atoms with van der Waals surface area (Å²) in [6.07, 6.45) is 8.98. The fourth-order valence-corrected chi connectivity index (χ4v) is 5.15. The van der Waals surface area contributed by atoms with E-state index < -0.39 is 11.6 Å². The number of carboxylic acid groups (broad SMARTS) is 1. The van der Waals surface area contributed by atoms with Crippen molar-refractivity contribution in [2.45, 2.75) is 38.2 Å². The molecule has 1 fully saturated rings. The topological polar surface area (TPSA) is 117 Å². The van der Waals surface area contributed by atoms with Crippen LogP contribution in [0.25, 0.3) is 16.5 Å². The molecule has 1 saturated carbocycles. The van der Waals surface area contributed by atoms with Gasteiger partial charge < -0.3 is 20.3 Å². The van der Waals surface area contributed by atoms with E-state index in [1.54, 1.807) is 19.5 Å². The highest BCUT2D eigenvalue weighted by atomic mass is 32.1. The molecule has 9 heteroatoms. The lowest BCUT2D eigenvalue weighted by Gasteiger charge is -2.32. The van der Waals surface area contributed by atoms with Crippen LogP contribution in [0.1, 0.15) is 41.9 Å². The molecule has 2 heterocycles. The highest BCUT2D eigenvalue weighted by Gasteiger charge is 2.39. The Kier molecular flexibility index (Phi) is 7.35. The number of nitrogens with one attached hydrogen (secondary N) is 1. The molecular weight excluding hydrogens is 452 g/mol. The van der Waals surface area contributed by atoms with Crippen LogP contribution in [0.5, 0.6) is 0 Å². The number of hydrogen-bond donors (Lipinski definition) is 3. The van der Waals surface area contributed by atoms with Crippen LogP contribution in [-0.2, 0) is 15.1 Å². The molecular formula is C25H28N4O4S. The summed E-state index contributed by atoms with van der Waals surface area (Å²) in [5, 5.41) is 24.3. The first-order valence-corrected chi connectivity index (χ1v) is 12.0. The normalized spacial score (nSPS) is 20.5. The number of methoxy groups -OCH3 is 1. The van der Waals surface area contributed by atoms with Crippen molar-refractivity contribution >= 4 is 35.0 Å². The molecule has 0 bridgehead atoms. The number of carbonyl (C=O) groups is 1. The lowest BCUT2D eigenvalue weighted by molar-refractivity contribution is -0.145. The second-order valence-corrected chi connectivity index (χ2v) is 9.58. The maximum atomic E-state index is 11.2. The molecule has 3 aromatic rings. The second-order valence-electron chi connectivity index (χ2n) is 8.55. The first-order chi connectivity index (χ1) is 16.4. The van der Waals surface area contributed by atoms with Crippen LogP contribution in [-0.4, -0.2) is 44.9 Å². The van der Waals surface area contributed by atoms with Gasteiger partial charge in [0.2, 0.25) is 5.95 Å². The summed E-state index contributed by atoms with van der Waals surface area (Å²) < 4.78 is 5.03. The first kappa shape index (κ1) is 24.0. The van der Waals surface area contributed by atoms with Crippen LogP contribution >= 0.6 is 11.3 Å². The number of hydrogen-bond acceptors (Lipinski definition) is 8. The number of anilines is 2. The third-order valence-corrected chi connectivity index (χ3v) is 7.15. The molecule has 0 saturated heterocycles. The van der Waals surface area contributed by atoms with Gasteiger partial charge in [-0.15, -0.1) is 11.3 Å². The number of aryl methyl sites for hydroxylation is 1. The number of nitrogens with zero attached hydrogens (tertiary/aromatic N) is 3. The molecule has 0 amide bonds. The monoisotopic (exact) mass is 480 g/mol.